The second kappa shape index (κ2) is 4.63. The highest BCUT2D eigenvalue weighted by molar-refractivity contribution is 7.17. The molecule has 0 saturated carbocycles. The molecule has 0 amide bonds. The normalized spacial score (nSPS) is 16.8. The van der Waals surface area contributed by atoms with E-state index in [0.29, 0.717) is 11.1 Å². The second-order valence-corrected chi connectivity index (χ2v) is 5.82. The van der Waals surface area contributed by atoms with Crippen LogP contribution in [0.1, 0.15) is 17.2 Å². The van der Waals surface area contributed by atoms with Gasteiger partial charge in [0.1, 0.15) is 11.5 Å². The molecule has 1 N–H and O–H groups in total. The Morgan fingerprint density at radius 1 is 1.05 bits per heavy atom. The zero-order valence-electron chi connectivity index (χ0n) is 10.8. The Bertz CT molecular complexity index is 870. The van der Waals surface area contributed by atoms with E-state index in [4.69, 9.17) is 0 Å². The molecule has 0 fully saturated rings. The summed E-state index contributed by atoms with van der Waals surface area (Å²) in [5, 5.41) is 3.65. The minimum absolute atomic E-state index is 0.251. The highest BCUT2D eigenvalue weighted by Crippen LogP contribution is 2.41. The van der Waals surface area contributed by atoms with Crippen LogP contribution in [-0.2, 0) is 0 Å². The summed E-state index contributed by atoms with van der Waals surface area (Å²) in [4.78, 5) is 4.03. The van der Waals surface area contributed by atoms with Gasteiger partial charge in [0.25, 0.3) is 0 Å². The van der Waals surface area contributed by atoms with Crippen molar-refractivity contribution in [3.8, 4) is 0 Å². The molecule has 1 unspecified atom stereocenters. The average molecular weight is 300 g/mol. The van der Waals surface area contributed by atoms with Crippen molar-refractivity contribution in [3.05, 3.63) is 64.5 Å². The molecule has 0 radical (unpaired) electrons. The highest BCUT2D eigenvalue weighted by atomic mass is 32.1. The monoisotopic (exact) mass is 300 g/mol. The first-order chi connectivity index (χ1) is 10.3. The van der Waals surface area contributed by atoms with Crippen LogP contribution in [0.15, 0.2) is 47.5 Å². The van der Waals surface area contributed by atoms with Crippen molar-refractivity contribution in [1.29, 1.82) is 0 Å². The summed E-state index contributed by atoms with van der Waals surface area (Å²) < 4.78 is 29.2. The molecular weight excluding hydrogens is 290 g/mol. The van der Waals surface area contributed by atoms with Gasteiger partial charge < -0.3 is 5.32 Å². The van der Waals surface area contributed by atoms with Gasteiger partial charge >= 0.3 is 0 Å². The quantitative estimate of drug-likeness (QED) is 0.701. The summed E-state index contributed by atoms with van der Waals surface area (Å²) in [7, 11) is 0. The zero-order valence-corrected chi connectivity index (χ0v) is 11.6. The predicted molar refractivity (Wildman–Crippen MR) is 81.3 cm³/mol. The number of hydrogen-bond donors (Lipinski definition) is 1. The number of rotatable bonds is 1. The molecule has 21 heavy (non-hydrogen) atoms. The smallest absolute Gasteiger partial charge is 0.183 e. The van der Waals surface area contributed by atoms with Crippen LogP contribution < -0.4 is 5.32 Å². The van der Waals surface area contributed by atoms with Crippen LogP contribution in [0.25, 0.3) is 10.1 Å². The first-order valence-electron chi connectivity index (χ1n) is 6.49. The fourth-order valence-corrected chi connectivity index (χ4v) is 3.68. The number of halogens is 2. The van der Waals surface area contributed by atoms with Gasteiger partial charge in [-0.2, -0.15) is 4.39 Å². The standard InChI is InChI=1S/C16H10F2N2S/c17-11-6-3-5-10-14(11)19-8-20-15(10)13-9-4-1-2-7-12(9)21-16(13)18/h1-8,15H,(H,19,20). The van der Waals surface area contributed by atoms with Gasteiger partial charge in [0.2, 0.25) is 0 Å². The van der Waals surface area contributed by atoms with Crippen molar-refractivity contribution >= 4 is 33.4 Å². The lowest BCUT2D eigenvalue weighted by Gasteiger charge is -2.23. The molecule has 1 aliphatic heterocycles. The minimum atomic E-state index is -0.427. The Morgan fingerprint density at radius 3 is 2.81 bits per heavy atom. The van der Waals surface area contributed by atoms with Crippen LogP contribution >= 0.6 is 11.3 Å². The molecule has 0 saturated heterocycles. The van der Waals surface area contributed by atoms with Gasteiger partial charge in [-0.05, 0) is 12.1 Å². The summed E-state index contributed by atoms with van der Waals surface area (Å²) in [6.07, 6.45) is 1.43. The van der Waals surface area contributed by atoms with Crippen LogP contribution in [0.2, 0.25) is 0 Å². The number of para-hydroxylation sites is 1. The van der Waals surface area contributed by atoms with E-state index in [1.807, 2.05) is 24.3 Å². The third-order valence-corrected chi connectivity index (χ3v) is 4.62. The van der Waals surface area contributed by atoms with Gasteiger partial charge in [0.15, 0.2) is 5.13 Å². The van der Waals surface area contributed by atoms with E-state index < -0.39 is 11.9 Å². The molecule has 2 nitrogen and oxygen atoms in total. The molecule has 1 aliphatic rings. The number of nitrogens with zero attached hydrogens (tertiary/aromatic N) is 1. The van der Waals surface area contributed by atoms with Gasteiger partial charge in [-0.25, -0.2) is 9.38 Å². The molecule has 0 aliphatic carbocycles. The Morgan fingerprint density at radius 2 is 1.90 bits per heavy atom. The van der Waals surface area contributed by atoms with E-state index in [2.05, 4.69) is 10.3 Å². The molecule has 0 spiro atoms. The van der Waals surface area contributed by atoms with Crippen LogP contribution in [0.4, 0.5) is 14.5 Å². The molecule has 3 aromatic rings. The van der Waals surface area contributed by atoms with E-state index in [0.717, 1.165) is 21.4 Å². The van der Waals surface area contributed by atoms with E-state index in [-0.39, 0.29) is 10.8 Å². The lowest BCUT2D eigenvalue weighted by atomic mass is 9.95. The third-order valence-electron chi connectivity index (χ3n) is 3.64. The van der Waals surface area contributed by atoms with Crippen molar-refractivity contribution in [2.24, 2.45) is 4.99 Å². The highest BCUT2D eigenvalue weighted by Gasteiger charge is 2.27. The Balaban J connectivity index is 1.97. The van der Waals surface area contributed by atoms with E-state index >= 15 is 0 Å². The molecule has 1 atom stereocenters. The van der Waals surface area contributed by atoms with Crippen molar-refractivity contribution in [2.45, 2.75) is 6.04 Å². The van der Waals surface area contributed by atoms with Gasteiger partial charge in [-0.3, -0.25) is 0 Å². The molecule has 2 heterocycles. The number of thiophene rings is 1. The fourth-order valence-electron chi connectivity index (χ4n) is 2.71. The zero-order chi connectivity index (χ0) is 14.4. The molecule has 104 valence electrons. The summed E-state index contributed by atoms with van der Waals surface area (Å²) in [5.41, 5.74) is 1.48. The molecule has 1 aromatic heterocycles. The summed E-state index contributed by atoms with van der Waals surface area (Å²) in [5.74, 6) is -0.393. The number of aliphatic imine (C=N–C) groups is 1. The Labute approximate surface area is 123 Å². The van der Waals surface area contributed by atoms with Gasteiger partial charge in [-0.15, -0.1) is 11.3 Å². The Hall–Kier alpha value is -2.27. The van der Waals surface area contributed by atoms with Gasteiger partial charge in [0, 0.05) is 21.2 Å². The predicted octanol–water partition coefficient (Wildman–Crippen LogP) is 4.53. The van der Waals surface area contributed by atoms with Gasteiger partial charge in [-0.1, -0.05) is 30.3 Å². The summed E-state index contributed by atoms with van der Waals surface area (Å²) in [6, 6.07) is 11.9. The van der Waals surface area contributed by atoms with E-state index in [1.54, 1.807) is 12.1 Å². The number of nitrogens with one attached hydrogen (secondary N) is 1. The van der Waals surface area contributed by atoms with Crippen LogP contribution in [-0.4, -0.2) is 6.34 Å². The van der Waals surface area contributed by atoms with Crippen molar-refractivity contribution in [1.82, 2.24) is 5.32 Å². The molecule has 2 aromatic carbocycles. The van der Waals surface area contributed by atoms with Crippen LogP contribution in [0, 0.1) is 10.9 Å². The lowest BCUT2D eigenvalue weighted by molar-refractivity contribution is 0.605. The second-order valence-electron chi connectivity index (χ2n) is 4.82. The Kier molecular flexibility index (Phi) is 2.75. The molecule has 5 heteroatoms. The number of hydrogen-bond acceptors (Lipinski definition) is 3. The van der Waals surface area contributed by atoms with E-state index in [9.17, 15) is 8.78 Å². The maximum absolute atomic E-state index is 14.4. The first kappa shape index (κ1) is 12.5. The molecular formula is C16H10F2N2S. The molecule has 4 rings (SSSR count). The number of benzene rings is 2. The summed E-state index contributed by atoms with van der Waals surface area (Å²) in [6.45, 7) is 0. The molecule has 0 bridgehead atoms. The van der Waals surface area contributed by atoms with Crippen molar-refractivity contribution in [2.75, 3.05) is 0 Å². The van der Waals surface area contributed by atoms with Gasteiger partial charge in [0.05, 0.1) is 12.4 Å². The lowest BCUT2D eigenvalue weighted by Crippen LogP contribution is -2.24. The largest absolute Gasteiger partial charge is 0.365 e. The minimum Gasteiger partial charge on any atom is -0.365 e. The fraction of sp³-hybridized carbons (Fsp3) is 0.0625. The topological polar surface area (TPSA) is 24.4 Å². The van der Waals surface area contributed by atoms with E-state index in [1.165, 1.54) is 12.4 Å². The third kappa shape index (κ3) is 1.85. The first-order valence-corrected chi connectivity index (χ1v) is 7.31. The SMILES string of the molecule is Fc1cccc2c1N=CNC2c1c(F)sc2ccccc12. The van der Waals surface area contributed by atoms with Crippen molar-refractivity contribution in [3.63, 3.8) is 0 Å². The maximum atomic E-state index is 14.4. The number of fused-ring (bicyclic) bond motifs is 2. The van der Waals surface area contributed by atoms with Crippen LogP contribution in [0.3, 0.4) is 0 Å². The average Bonchev–Trinajstić information content (AvgIpc) is 2.83. The summed E-state index contributed by atoms with van der Waals surface area (Å²) >= 11 is 1.11. The maximum Gasteiger partial charge on any atom is 0.183 e. The van der Waals surface area contributed by atoms with Crippen molar-refractivity contribution < 1.29 is 8.78 Å². The van der Waals surface area contributed by atoms with Crippen LogP contribution in [0.5, 0.6) is 0 Å².